The minimum atomic E-state index is -3.83. The number of hydrogen-bond acceptors (Lipinski definition) is 9. The third-order valence-electron chi connectivity index (χ3n) is 3.73. The van der Waals surface area contributed by atoms with Crippen molar-refractivity contribution < 1.29 is 28.6 Å². The normalized spacial score (nSPS) is 23.4. The summed E-state index contributed by atoms with van der Waals surface area (Å²) < 4.78 is 30.7. The minimum Gasteiger partial charge on any atom is -0.475 e. The smallest absolute Gasteiger partial charge is 0.395 e. The number of anilines is 1. The zero-order valence-corrected chi connectivity index (χ0v) is 16.6. The first-order chi connectivity index (χ1) is 12.5. The van der Waals surface area contributed by atoms with Crippen LogP contribution in [0, 0.1) is 0 Å². The van der Waals surface area contributed by atoms with Crippen molar-refractivity contribution in [3.63, 3.8) is 0 Å². The van der Waals surface area contributed by atoms with Gasteiger partial charge in [-0.1, -0.05) is 0 Å². The Hall–Kier alpha value is -1.71. The van der Waals surface area contributed by atoms with Crippen molar-refractivity contribution in [2.24, 2.45) is 0 Å². The molecule has 0 unspecified atom stereocenters. The molecule has 0 aliphatic carbocycles. The molecule has 27 heavy (non-hydrogen) atoms. The summed E-state index contributed by atoms with van der Waals surface area (Å²) in [5, 5.41) is 20.7. The van der Waals surface area contributed by atoms with Gasteiger partial charge in [-0.2, -0.15) is 4.98 Å². The van der Waals surface area contributed by atoms with E-state index < -0.39 is 43.9 Å². The molecular weight excluding hydrogens is 377 g/mol. The second-order valence-corrected chi connectivity index (χ2v) is 8.58. The van der Waals surface area contributed by atoms with Crippen molar-refractivity contribution in [3.8, 4) is 0 Å². The van der Waals surface area contributed by atoms with Crippen LogP contribution in [0.1, 0.15) is 34.1 Å². The Kier molecular flexibility index (Phi) is 6.49. The number of aliphatic hydroxyl groups is 2. The molecule has 2 heterocycles. The SMILES string of the molecule is CC(C)OP(=O)(OC(C)C)C1=CC[C@](O)(n2ccc(N)nc2=O)[C@@H](CO)O1. The van der Waals surface area contributed by atoms with E-state index >= 15 is 0 Å². The summed E-state index contributed by atoms with van der Waals surface area (Å²) in [6.45, 7) is 6.12. The first-order valence-electron chi connectivity index (χ1n) is 8.55. The molecule has 0 saturated carbocycles. The van der Waals surface area contributed by atoms with E-state index in [1.807, 2.05) is 0 Å². The Labute approximate surface area is 157 Å². The van der Waals surface area contributed by atoms with Crippen LogP contribution in [0.15, 0.2) is 28.6 Å². The predicted octanol–water partition coefficient (Wildman–Crippen LogP) is 1.14. The number of nitrogen functional groups attached to an aromatic ring is 1. The number of nitrogens with two attached hydrogens (primary N) is 1. The molecular formula is C16H26N3O7P. The molecule has 0 saturated heterocycles. The van der Waals surface area contributed by atoms with Gasteiger partial charge in [0.05, 0.1) is 18.8 Å². The highest BCUT2D eigenvalue weighted by Gasteiger charge is 2.48. The lowest BCUT2D eigenvalue weighted by Crippen LogP contribution is -2.54. The molecule has 1 aliphatic rings. The van der Waals surface area contributed by atoms with Crippen molar-refractivity contribution in [2.45, 2.75) is 58.2 Å². The Morgan fingerprint density at radius 2 is 2.00 bits per heavy atom. The fourth-order valence-electron chi connectivity index (χ4n) is 2.67. The first kappa shape index (κ1) is 21.6. The molecule has 4 N–H and O–H groups in total. The van der Waals surface area contributed by atoms with Crippen LogP contribution in [0.25, 0.3) is 0 Å². The van der Waals surface area contributed by atoms with Crippen molar-refractivity contribution in [1.82, 2.24) is 9.55 Å². The Balaban J connectivity index is 2.45. The molecule has 0 radical (unpaired) electrons. The quantitative estimate of drug-likeness (QED) is 0.570. The highest BCUT2D eigenvalue weighted by Crippen LogP contribution is 2.60. The van der Waals surface area contributed by atoms with Crippen LogP contribution < -0.4 is 11.4 Å². The number of ether oxygens (including phenoxy) is 1. The molecule has 0 spiro atoms. The monoisotopic (exact) mass is 403 g/mol. The molecule has 0 amide bonds. The van der Waals surface area contributed by atoms with Crippen LogP contribution >= 0.6 is 7.60 Å². The van der Waals surface area contributed by atoms with E-state index in [9.17, 15) is 19.6 Å². The number of hydrogen-bond donors (Lipinski definition) is 3. The molecule has 1 aromatic rings. The molecule has 2 rings (SSSR count). The maximum atomic E-state index is 13.2. The fourth-order valence-corrected chi connectivity index (χ4v) is 4.60. The second kappa shape index (κ2) is 8.12. The lowest BCUT2D eigenvalue weighted by Gasteiger charge is -2.40. The summed E-state index contributed by atoms with van der Waals surface area (Å²) in [4.78, 5) is 15.7. The number of rotatable bonds is 7. The van der Waals surface area contributed by atoms with Crippen LogP contribution in [0.5, 0.6) is 0 Å². The zero-order chi connectivity index (χ0) is 20.4. The third kappa shape index (κ3) is 4.59. The highest BCUT2D eigenvalue weighted by atomic mass is 31.2. The van der Waals surface area contributed by atoms with Gasteiger partial charge < -0.3 is 29.7 Å². The molecule has 2 atom stereocenters. The average Bonchev–Trinajstić information content (AvgIpc) is 2.53. The van der Waals surface area contributed by atoms with Crippen LogP contribution in [0.3, 0.4) is 0 Å². The fraction of sp³-hybridized carbons (Fsp3) is 0.625. The van der Waals surface area contributed by atoms with E-state index in [0.717, 1.165) is 4.57 Å². The molecule has 0 bridgehead atoms. The minimum absolute atomic E-state index is 0.00600. The van der Waals surface area contributed by atoms with Gasteiger partial charge in [0.25, 0.3) is 0 Å². The molecule has 11 heteroatoms. The lowest BCUT2D eigenvalue weighted by atomic mass is 10.0. The average molecular weight is 403 g/mol. The van der Waals surface area contributed by atoms with Gasteiger partial charge in [0.2, 0.25) is 5.50 Å². The van der Waals surface area contributed by atoms with Gasteiger partial charge in [0.1, 0.15) is 5.82 Å². The van der Waals surface area contributed by atoms with Crippen molar-refractivity contribution in [2.75, 3.05) is 12.3 Å². The Morgan fingerprint density at radius 1 is 1.41 bits per heavy atom. The van der Waals surface area contributed by atoms with Crippen LogP contribution in [0.2, 0.25) is 0 Å². The van der Waals surface area contributed by atoms with Gasteiger partial charge in [-0.25, -0.2) is 4.79 Å². The van der Waals surface area contributed by atoms with E-state index in [0.29, 0.717) is 0 Å². The van der Waals surface area contributed by atoms with Gasteiger partial charge in [0, 0.05) is 12.6 Å². The summed E-state index contributed by atoms with van der Waals surface area (Å²) in [6.07, 6.45) is 0.254. The maximum absolute atomic E-state index is 13.2. The van der Waals surface area contributed by atoms with E-state index in [2.05, 4.69) is 4.98 Å². The highest BCUT2D eigenvalue weighted by molar-refractivity contribution is 7.58. The van der Waals surface area contributed by atoms with Gasteiger partial charge in [-0.15, -0.1) is 0 Å². The van der Waals surface area contributed by atoms with Gasteiger partial charge in [0.15, 0.2) is 11.8 Å². The zero-order valence-electron chi connectivity index (χ0n) is 15.7. The third-order valence-corrected chi connectivity index (χ3v) is 5.96. The summed E-state index contributed by atoms with van der Waals surface area (Å²) >= 11 is 0. The first-order valence-corrected chi connectivity index (χ1v) is 10.1. The number of nitrogens with zero attached hydrogens (tertiary/aromatic N) is 2. The number of aromatic nitrogens is 2. The van der Waals surface area contributed by atoms with Crippen molar-refractivity contribution in [3.05, 3.63) is 34.3 Å². The Morgan fingerprint density at radius 3 is 2.48 bits per heavy atom. The molecule has 1 aromatic heterocycles. The molecule has 0 fully saturated rings. The second-order valence-electron chi connectivity index (χ2n) is 6.72. The molecule has 10 nitrogen and oxygen atoms in total. The van der Waals surface area contributed by atoms with Gasteiger partial charge in [-0.3, -0.25) is 9.13 Å². The lowest BCUT2D eigenvalue weighted by molar-refractivity contribution is -0.166. The summed E-state index contributed by atoms with van der Waals surface area (Å²) in [7, 11) is -3.83. The molecule has 152 valence electrons. The van der Waals surface area contributed by atoms with E-state index in [1.165, 1.54) is 18.3 Å². The van der Waals surface area contributed by atoms with Crippen molar-refractivity contribution >= 4 is 13.4 Å². The van der Waals surface area contributed by atoms with E-state index in [1.54, 1.807) is 27.7 Å². The predicted molar refractivity (Wildman–Crippen MR) is 97.8 cm³/mol. The van der Waals surface area contributed by atoms with E-state index in [4.69, 9.17) is 19.5 Å². The molecule has 1 aliphatic heterocycles. The molecule has 0 aromatic carbocycles. The van der Waals surface area contributed by atoms with Crippen LogP contribution in [-0.4, -0.2) is 44.7 Å². The standard InChI is InChI=1S/C16H26N3O7P/c1-10(2)25-27(23,26-11(3)4)14-5-7-16(22,12(9-20)24-14)19-8-6-13(17)18-15(19)21/h5-6,8,10-12,20,22H,7,9H2,1-4H3,(H2,17,18,21)/t12-,16-/m1/s1. The summed E-state index contributed by atoms with van der Waals surface area (Å²) in [5.74, 6) is -0.00600. The van der Waals surface area contributed by atoms with Gasteiger partial charge in [-0.05, 0) is 39.8 Å². The largest absolute Gasteiger partial charge is 0.475 e. The summed E-state index contributed by atoms with van der Waals surface area (Å²) in [5.41, 5.74) is 2.59. The van der Waals surface area contributed by atoms with Crippen molar-refractivity contribution in [1.29, 1.82) is 0 Å². The van der Waals surface area contributed by atoms with Gasteiger partial charge >= 0.3 is 13.3 Å². The van der Waals surface area contributed by atoms with Crippen LogP contribution in [0.4, 0.5) is 5.82 Å². The van der Waals surface area contributed by atoms with Crippen LogP contribution in [-0.2, 0) is 24.1 Å². The summed E-state index contributed by atoms with van der Waals surface area (Å²) in [6, 6.07) is 1.33. The Bertz CT molecular complexity index is 793. The topological polar surface area (TPSA) is 146 Å². The number of aliphatic hydroxyl groups excluding tert-OH is 1. The maximum Gasteiger partial charge on any atom is 0.395 e. The van der Waals surface area contributed by atoms with E-state index in [-0.39, 0.29) is 17.7 Å².